The van der Waals surface area contributed by atoms with Crippen LogP contribution < -0.4 is 5.10 Å². The molecule has 0 unspecified atom stereocenters. The third-order valence-electron chi connectivity index (χ3n) is 0.504. The number of aromatic nitrogens is 2. The molecule has 0 saturated heterocycles. The molecular weight excluding hydrogens is 80.0 g/mol. The summed E-state index contributed by atoms with van der Waals surface area (Å²) in [5, 5.41) is 5.91. The fourth-order valence-electron chi connectivity index (χ4n) is 0.230. The Morgan fingerprint density at radius 2 is 2.83 bits per heavy atom. The lowest BCUT2D eigenvalue weighted by Crippen LogP contribution is -2.02. The van der Waals surface area contributed by atoms with Crippen molar-refractivity contribution in [3.05, 3.63) is 12.0 Å². The van der Waals surface area contributed by atoms with Crippen LogP contribution >= 0.6 is 0 Å². The van der Waals surface area contributed by atoms with Crippen LogP contribution in [0.2, 0.25) is 0 Å². The van der Waals surface area contributed by atoms with Gasteiger partial charge in [0.05, 0.1) is 0 Å². The summed E-state index contributed by atoms with van der Waals surface area (Å²) in [4.78, 5) is 0. The van der Waals surface area contributed by atoms with Crippen molar-refractivity contribution in [2.24, 2.45) is 0 Å². The number of hydrogen-bond donors (Lipinski definition) is 0. The van der Waals surface area contributed by atoms with E-state index in [0.717, 1.165) is 5.69 Å². The summed E-state index contributed by atoms with van der Waals surface area (Å²) in [6.07, 6.45) is 1.54. The summed E-state index contributed by atoms with van der Waals surface area (Å²) >= 11 is 0. The summed E-state index contributed by atoms with van der Waals surface area (Å²) in [6.45, 7) is 1.87. The van der Waals surface area contributed by atoms with E-state index in [1.807, 2.05) is 6.92 Å². The van der Waals surface area contributed by atoms with E-state index in [1.165, 1.54) is 0 Å². The van der Waals surface area contributed by atoms with E-state index in [9.17, 15) is 0 Å². The van der Waals surface area contributed by atoms with Gasteiger partial charge in [-0.2, -0.15) is 0 Å². The van der Waals surface area contributed by atoms with Crippen LogP contribution in [0.4, 0.5) is 0 Å². The van der Waals surface area contributed by atoms with Gasteiger partial charge in [0.15, 0.2) is 11.5 Å². The van der Waals surface area contributed by atoms with Gasteiger partial charge in [-0.3, -0.25) is 0 Å². The zero-order valence-corrected chi connectivity index (χ0v) is 3.43. The van der Waals surface area contributed by atoms with Crippen molar-refractivity contribution in [2.75, 3.05) is 0 Å². The van der Waals surface area contributed by atoms with Crippen LogP contribution in [-0.4, -0.2) is 5.27 Å². The van der Waals surface area contributed by atoms with Crippen LogP contribution in [0.3, 0.4) is 0 Å². The average molecular weight is 85.1 g/mol. The van der Waals surface area contributed by atoms with Crippen LogP contribution in [0.15, 0.2) is 10.8 Å². The van der Waals surface area contributed by atoms with E-state index >= 15 is 0 Å². The number of H-pyrrole nitrogens is 1. The molecule has 0 saturated carbocycles. The second-order valence-corrected chi connectivity index (χ2v) is 1.11. The minimum absolute atomic E-state index is 0.940. The van der Waals surface area contributed by atoms with E-state index in [-0.39, 0.29) is 0 Å². The number of rotatable bonds is 0. The summed E-state index contributed by atoms with van der Waals surface area (Å²) in [7, 11) is 0. The number of hydrogen-bond acceptors (Lipinski definition) is 2. The van der Waals surface area contributed by atoms with Crippen LogP contribution in [-0.2, 0) is 0 Å². The summed E-state index contributed by atoms with van der Waals surface area (Å²) in [5.41, 5.74) is 0.940. The van der Waals surface area contributed by atoms with Crippen LogP contribution in [0.1, 0.15) is 5.69 Å². The summed E-state index contributed by atoms with van der Waals surface area (Å²) < 4.78 is 4.41. The second kappa shape index (κ2) is 1.08. The Labute approximate surface area is 34.9 Å². The first-order chi connectivity index (χ1) is 2.89. The van der Waals surface area contributed by atoms with Crippen LogP contribution in [0.25, 0.3) is 0 Å². The molecule has 1 heterocycles. The Balaban J connectivity index is 3.05. The second-order valence-electron chi connectivity index (χ2n) is 1.11. The van der Waals surface area contributed by atoms with Gasteiger partial charge in [0.2, 0.25) is 5.69 Å². The molecule has 0 aliphatic heterocycles. The zero-order valence-electron chi connectivity index (χ0n) is 3.43. The SMILES string of the molecule is Cc1con[nH+]1. The molecule has 1 aromatic rings. The van der Waals surface area contributed by atoms with Crippen LogP contribution in [0.5, 0.6) is 0 Å². The van der Waals surface area contributed by atoms with Crippen molar-refractivity contribution in [3.8, 4) is 0 Å². The first-order valence-corrected chi connectivity index (χ1v) is 1.68. The Morgan fingerprint density at radius 3 is 3.00 bits per heavy atom. The molecule has 3 heteroatoms. The number of aromatic amines is 1. The van der Waals surface area contributed by atoms with Gasteiger partial charge in [0.25, 0.3) is 0 Å². The standard InChI is InChI=1S/C3H4N2O/c1-3-2-6-5-4-3/h2H,1H3/p+1. The Hall–Kier alpha value is -0.860. The van der Waals surface area contributed by atoms with Crippen molar-refractivity contribution < 1.29 is 9.62 Å². The number of nitrogens with one attached hydrogen (secondary N) is 1. The molecule has 0 aliphatic rings. The van der Waals surface area contributed by atoms with E-state index in [4.69, 9.17) is 0 Å². The molecule has 0 amide bonds. The highest BCUT2D eigenvalue weighted by Crippen LogP contribution is 1.75. The maximum atomic E-state index is 4.41. The van der Waals surface area contributed by atoms with Gasteiger partial charge in [-0.05, 0) is 0 Å². The zero-order chi connectivity index (χ0) is 4.41. The highest BCUT2D eigenvalue weighted by molar-refractivity contribution is 4.70. The highest BCUT2D eigenvalue weighted by atomic mass is 16.5. The van der Waals surface area contributed by atoms with Gasteiger partial charge in [-0.25, -0.2) is 0 Å². The number of nitrogens with zero attached hydrogens (tertiary/aromatic N) is 1. The molecule has 1 N–H and O–H groups in total. The lowest BCUT2D eigenvalue weighted by Gasteiger charge is -1.49. The largest absolute Gasteiger partial charge is 0.309 e. The highest BCUT2D eigenvalue weighted by Gasteiger charge is 1.89. The molecule has 0 fully saturated rings. The molecule has 6 heavy (non-hydrogen) atoms. The Morgan fingerprint density at radius 1 is 2.00 bits per heavy atom. The third-order valence-corrected chi connectivity index (χ3v) is 0.504. The predicted octanol–water partition coefficient (Wildman–Crippen LogP) is -0.203. The number of aryl methyl sites for hydroxylation is 1. The fourth-order valence-corrected chi connectivity index (χ4v) is 0.230. The quantitative estimate of drug-likeness (QED) is 0.437. The molecule has 32 valence electrons. The van der Waals surface area contributed by atoms with Gasteiger partial charge < -0.3 is 4.52 Å². The summed E-state index contributed by atoms with van der Waals surface area (Å²) in [5.74, 6) is 0. The predicted molar refractivity (Wildman–Crippen MR) is 17.8 cm³/mol. The average Bonchev–Trinajstić information content (AvgIpc) is 1.86. The molecule has 0 bridgehead atoms. The Bertz CT molecular complexity index is 112. The Kier molecular flexibility index (Phi) is 0.602. The minimum Gasteiger partial charge on any atom is -0.309 e. The molecular formula is C3H5N2O+. The van der Waals surface area contributed by atoms with Gasteiger partial charge >= 0.3 is 0 Å². The van der Waals surface area contributed by atoms with Gasteiger partial charge in [0, 0.05) is 6.92 Å². The third kappa shape index (κ3) is 0.381. The van der Waals surface area contributed by atoms with Crippen molar-refractivity contribution in [1.82, 2.24) is 5.27 Å². The topological polar surface area (TPSA) is 40.2 Å². The van der Waals surface area contributed by atoms with Gasteiger partial charge in [0.1, 0.15) is 0 Å². The lowest BCUT2D eigenvalue weighted by molar-refractivity contribution is -0.478. The first kappa shape index (κ1) is 3.33. The van der Waals surface area contributed by atoms with Crippen molar-refractivity contribution in [2.45, 2.75) is 6.92 Å². The maximum absolute atomic E-state index is 4.41. The molecule has 0 spiro atoms. The van der Waals surface area contributed by atoms with Gasteiger partial charge in [-0.1, -0.05) is 5.10 Å². The van der Waals surface area contributed by atoms with Crippen molar-refractivity contribution in [3.63, 3.8) is 0 Å². The normalized spacial score (nSPS) is 8.83. The maximum Gasteiger partial charge on any atom is 0.243 e. The van der Waals surface area contributed by atoms with Gasteiger partial charge in [-0.15, -0.1) is 0 Å². The van der Waals surface area contributed by atoms with Crippen LogP contribution in [0, 0.1) is 6.92 Å². The molecule has 0 radical (unpaired) electrons. The minimum atomic E-state index is 0.940. The molecule has 3 nitrogen and oxygen atoms in total. The fraction of sp³-hybridized carbons (Fsp3) is 0.333. The van der Waals surface area contributed by atoms with E-state index in [2.05, 4.69) is 14.9 Å². The molecule has 0 atom stereocenters. The first-order valence-electron chi connectivity index (χ1n) is 1.68. The molecule has 1 rings (SSSR count). The van der Waals surface area contributed by atoms with Crippen molar-refractivity contribution in [1.29, 1.82) is 0 Å². The van der Waals surface area contributed by atoms with E-state index in [1.54, 1.807) is 6.26 Å². The summed E-state index contributed by atoms with van der Waals surface area (Å²) in [6, 6.07) is 0. The monoisotopic (exact) mass is 85.0 g/mol. The molecule has 0 aromatic carbocycles. The van der Waals surface area contributed by atoms with Crippen molar-refractivity contribution >= 4 is 0 Å². The van der Waals surface area contributed by atoms with E-state index < -0.39 is 0 Å². The molecule has 0 aliphatic carbocycles. The smallest absolute Gasteiger partial charge is 0.243 e. The molecule has 1 aromatic heterocycles. The lowest BCUT2D eigenvalue weighted by atomic mass is 10.6. The van der Waals surface area contributed by atoms with E-state index in [0.29, 0.717) is 0 Å².